The van der Waals surface area contributed by atoms with Crippen LogP contribution in [0.2, 0.25) is 0 Å². The molecule has 0 aromatic heterocycles. The molecule has 0 spiro atoms. The standard InChI is InChI=1S/C4H4NO3.2C4H9O.Al/c6-3-1-2-4(7)5(3)8;2*1-4(2)3-5;/h1-2H2;2*4H,3H2,1-2H3;/q3*-1;+3. The van der Waals surface area contributed by atoms with Gasteiger partial charge in [0.15, 0.2) is 0 Å². The Balaban J connectivity index is 2.51. The number of carbonyl (C=O) groups excluding carboxylic acids is 2. The Labute approximate surface area is 119 Å². The van der Waals surface area contributed by atoms with Crippen LogP contribution in [0.5, 0.6) is 0 Å². The summed E-state index contributed by atoms with van der Waals surface area (Å²) in [6.45, 7) is 9.04. The fourth-order valence-electron chi connectivity index (χ4n) is 1.41. The first-order valence-electron chi connectivity index (χ1n) is 6.66. The van der Waals surface area contributed by atoms with E-state index >= 15 is 0 Å². The molecule has 1 rings (SSSR count). The van der Waals surface area contributed by atoms with Gasteiger partial charge in [0.05, 0.1) is 0 Å². The van der Waals surface area contributed by atoms with Gasteiger partial charge >= 0.3 is 15.1 Å². The van der Waals surface area contributed by atoms with Crippen molar-refractivity contribution < 1.29 is 21.1 Å². The van der Waals surface area contributed by atoms with Crippen LogP contribution in [0.4, 0.5) is 0 Å². The van der Waals surface area contributed by atoms with Crippen molar-refractivity contribution in [2.75, 3.05) is 13.2 Å². The van der Waals surface area contributed by atoms with E-state index in [4.69, 9.17) is 11.5 Å². The summed E-state index contributed by atoms with van der Waals surface area (Å²) in [5, 5.41) is 0.817. The first kappa shape index (κ1) is 16.6. The molecule has 0 N–H and O–H groups in total. The second kappa shape index (κ2) is 7.98. The minimum absolute atomic E-state index is 0.203. The molecule has 1 fully saturated rings. The predicted octanol–water partition coefficient (Wildman–Crippen LogP) is 1.40. The summed E-state index contributed by atoms with van der Waals surface area (Å²) in [6, 6.07) is 0. The third kappa shape index (κ3) is 6.02. The average molecular weight is 287 g/mol. The van der Waals surface area contributed by atoms with E-state index in [0.717, 1.165) is 5.06 Å². The van der Waals surface area contributed by atoms with Crippen molar-refractivity contribution in [1.29, 1.82) is 0 Å². The van der Waals surface area contributed by atoms with Gasteiger partial charge in [0.25, 0.3) is 11.8 Å². The maximum absolute atomic E-state index is 11.5. The van der Waals surface area contributed by atoms with Gasteiger partial charge in [-0.15, -0.1) is 0 Å². The summed E-state index contributed by atoms with van der Waals surface area (Å²) >= 11 is -2.49. The summed E-state index contributed by atoms with van der Waals surface area (Å²) in [5.41, 5.74) is 0. The average Bonchev–Trinajstić information content (AvgIpc) is 2.63. The van der Waals surface area contributed by atoms with Gasteiger partial charge in [-0.3, -0.25) is 9.59 Å². The number of imide groups is 1. The van der Waals surface area contributed by atoms with Crippen molar-refractivity contribution in [3.05, 3.63) is 0 Å². The van der Waals surface area contributed by atoms with Crippen molar-refractivity contribution in [3.8, 4) is 0 Å². The molecule has 1 aliphatic heterocycles. The van der Waals surface area contributed by atoms with Crippen LogP contribution in [-0.4, -0.2) is 45.2 Å². The molecule has 1 aliphatic rings. The lowest BCUT2D eigenvalue weighted by molar-refractivity contribution is -0.173. The monoisotopic (exact) mass is 287 g/mol. The van der Waals surface area contributed by atoms with Crippen LogP contribution < -0.4 is 0 Å². The second-order valence-electron chi connectivity index (χ2n) is 5.43. The molecule has 2 amide bonds. The van der Waals surface area contributed by atoms with Crippen LogP contribution in [0.1, 0.15) is 40.5 Å². The van der Waals surface area contributed by atoms with Crippen LogP contribution >= 0.6 is 0 Å². The van der Waals surface area contributed by atoms with E-state index in [1.807, 2.05) is 27.7 Å². The molecule has 0 atom stereocenters. The van der Waals surface area contributed by atoms with Crippen molar-refractivity contribution in [2.45, 2.75) is 40.5 Å². The molecule has 19 heavy (non-hydrogen) atoms. The Morgan fingerprint density at radius 1 is 1.00 bits per heavy atom. The lowest BCUT2D eigenvalue weighted by atomic mass is 10.2. The first-order chi connectivity index (χ1) is 8.90. The maximum atomic E-state index is 11.5. The zero-order chi connectivity index (χ0) is 14.4. The van der Waals surface area contributed by atoms with Gasteiger partial charge in [-0.1, -0.05) is 27.7 Å². The van der Waals surface area contributed by atoms with Crippen LogP contribution in [-0.2, 0) is 21.1 Å². The highest BCUT2D eigenvalue weighted by atomic mass is 27.3. The van der Waals surface area contributed by atoms with Gasteiger partial charge in [-0.2, -0.15) is 5.06 Å². The Morgan fingerprint density at radius 3 is 1.79 bits per heavy atom. The lowest BCUT2D eigenvalue weighted by Crippen LogP contribution is -2.41. The summed E-state index contributed by atoms with van der Waals surface area (Å²) in [7, 11) is 0. The molecule has 0 saturated carbocycles. The molecule has 108 valence electrons. The number of amides is 2. The summed E-state index contributed by atoms with van der Waals surface area (Å²) in [5.74, 6) is 0.0463. The number of hydroxylamine groups is 2. The van der Waals surface area contributed by atoms with Crippen molar-refractivity contribution >= 4 is 27.0 Å². The number of hydrogen-bond acceptors (Lipinski definition) is 5. The number of hydrogen-bond donors (Lipinski definition) is 0. The molecule has 1 heterocycles. The molecule has 1 saturated heterocycles. The van der Waals surface area contributed by atoms with E-state index in [2.05, 4.69) is 0 Å². The summed E-state index contributed by atoms with van der Waals surface area (Å²) < 4.78 is 16.5. The zero-order valence-corrected chi connectivity index (χ0v) is 13.2. The van der Waals surface area contributed by atoms with Crippen molar-refractivity contribution in [1.82, 2.24) is 5.06 Å². The Hall–Kier alpha value is -0.448. The third-order valence-corrected chi connectivity index (χ3v) is 3.64. The minimum Gasteiger partial charge on any atom is -0.453 e. The molecular weight excluding hydrogens is 265 g/mol. The molecule has 0 unspecified atom stereocenters. The molecule has 6 nitrogen and oxygen atoms in total. The van der Waals surface area contributed by atoms with E-state index in [9.17, 15) is 9.59 Å². The van der Waals surface area contributed by atoms with E-state index in [1.165, 1.54) is 0 Å². The van der Waals surface area contributed by atoms with Crippen molar-refractivity contribution in [2.24, 2.45) is 11.8 Å². The van der Waals surface area contributed by atoms with Gasteiger partial charge in [0.1, 0.15) is 0 Å². The summed E-state index contributed by atoms with van der Waals surface area (Å²) in [4.78, 5) is 23.0. The zero-order valence-electron chi connectivity index (χ0n) is 12.0. The van der Waals surface area contributed by atoms with Gasteiger partial charge < -0.3 is 11.5 Å². The topological polar surface area (TPSA) is 65.1 Å². The highest BCUT2D eigenvalue weighted by molar-refractivity contribution is 6.36. The molecule has 7 heteroatoms. The van der Waals surface area contributed by atoms with E-state index in [0.29, 0.717) is 25.0 Å². The first-order valence-corrected chi connectivity index (χ1v) is 8.07. The van der Waals surface area contributed by atoms with Gasteiger partial charge in [0.2, 0.25) is 0 Å². The highest BCUT2D eigenvalue weighted by Gasteiger charge is 2.41. The van der Waals surface area contributed by atoms with Crippen LogP contribution in [0, 0.1) is 11.8 Å². The fourth-order valence-corrected chi connectivity index (χ4v) is 3.12. The molecule has 0 aromatic rings. The van der Waals surface area contributed by atoms with Gasteiger partial charge in [0, 0.05) is 26.1 Å². The number of carbonyl (C=O) groups is 2. The smallest absolute Gasteiger partial charge is 0.453 e. The van der Waals surface area contributed by atoms with E-state index in [-0.39, 0.29) is 24.7 Å². The van der Waals surface area contributed by atoms with Crippen LogP contribution in [0.3, 0.4) is 0 Å². The molecule has 0 bridgehead atoms. The number of nitrogens with zero attached hydrogens (tertiary/aromatic N) is 1. The Kier molecular flexibility index (Phi) is 6.97. The molecule has 0 radical (unpaired) electrons. The molecular formula is C12H22AlNO5. The molecule has 0 aliphatic carbocycles. The Bertz CT molecular complexity index is 293. The highest BCUT2D eigenvalue weighted by Crippen LogP contribution is 2.14. The molecule has 0 aromatic carbocycles. The SMILES string of the molecule is CC(C)C[O][Al]([O]CC(C)C)[O]N1C(=O)CCC1=O. The predicted molar refractivity (Wildman–Crippen MR) is 69.5 cm³/mol. The minimum atomic E-state index is -2.49. The van der Waals surface area contributed by atoms with E-state index < -0.39 is 15.1 Å². The lowest BCUT2D eigenvalue weighted by Gasteiger charge is -2.20. The summed E-state index contributed by atoms with van der Waals surface area (Å²) in [6.07, 6.45) is 0.405. The van der Waals surface area contributed by atoms with Crippen LogP contribution in [0.25, 0.3) is 0 Å². The van der Waals surface area contributed by atoms with Gasteiger partial charge in [-0.25, -0.2) is 0 Å². The second-order valence-corrected chi connectivity index (χ2v) is 6.89. The van der Waals surface area contributed by atoms with Crippen LogP contribution in [0.15, 0.2) is 0 Å². The number of rotatable bonds is 8. The van der Waals surface area contributed by atoms with Crippen molar-refractivity contribution in [3.63, 3.8) is 0 Å². The maximum Gasteiger partial charge on any atom is 0.929 e. The quantitative estimate of drug-likeness (QED) is 0.498. The van der Waals surface area contributed by atoms with E-state index in [1.54, 1.807) is 0 Å². The Morgan fingerprint density at radius 2 is 1.42 bits per heavy atom. The van der Waals surface area contributed by atoms with Gasteiger partial charge in [-0.05, 0) is 11.8 Å². The third-order valence-electron chi connectivity index (χ3n) is 2.33. The largest absolute Gasteiger partial charge is 0.929 e. The normalized spacial score (nSPS) is 16.0. The fraction of sp³-hybridized carbons (Fsp3) is 0.833.